The predicted molar refractivity (Wildman–Crippen MR) is 116 cm³/mol. The van der Waals surface area contributed by atoms with Crippen LogP contribution in [0.2, 0.25) is 0 Å². The number of rotatable bonds is 7. The lowest BCUT2D eigenvalue weighted by Crippen LogP contribution is -2.40. The summed E-state index contributed by atoms with van der Waals surface area (Å²) in [5.74, 6) is 0.0617. The molecule has 0 fully saturated rings. The van der Waals surface area contributed by atoms with Crippen molar-refractivity contribution in [2.75, 3.05) is 11.9 Å². The zero-order chi connectivity index (χ0) is 20.7. The molecule has 150 valence electrons. The van der Waals surface area contributed by atoms with Crippen LogP contribution in [0.3, 0.4) is 0 Å². The Morgan fingerprint density at radius 1 is 1.07 bits per heavy atom. The van der Waals surface area contributed by atoms with Crippen LogP contribution in [0.4, 0.5) is 5.69 Å². The van der Waals surface area contributed by atoms with E-state index in [0.717, 1.165) is 17.3 Å². The van der Waals surface area contributed by atoms with E-state index in [2.05, 4.69) is 33.5 Å². The molecule has 2 aromatic carbocycles. The van der Waals surface area contributed by atoms with E-state index in [-0.39, 0.29) is 17.4 Å². The van der Waals surface area contributed by atoms with Gasteiger partial charge >= 0.3 is 0 Å². The van der Waals surface area contributed by atoms with Gasteiger partial charge in [-0.3, -0.25) is 9.59 Å². The van der Waals surface area contributed by atoms with Gasteiger partial charge in [0.05, 0.1) is 12.2 Å². The van der Waals surface area contributed by atoms with Gasteiger partial charge in [-0.2, -0.15) is 0 Å². The van der Waals surface area contributed by atoms with Crippen LogP contribution in [0.25, 0.3) is 0 Å². The van der Waals surface area contributed by atoms with Crippen LogP contribution in [0.5, 0.6) is 5.75 Å². The second kappa shape index (κ2) is 9.73. The van der Waals surface area contributed by atoms with E-state index in [4.69, 9.17) is 4.74 Å². The lowest BCUT2D eigenvalue weighted by atomic mass is 10.1. The molecule has 0 bridgehead atoms. The Bertz CT molecular complexity index is 844. The molecular weight excluding hydrogens is 420 g/mol. The summed E-state index contributed by atoms with van der Waals surface area (Å²) in [6, 6.07) is 12.2. The maximum atomic E-state index is 12.8. The summed E-state index contributed by atoms with van der Waals surface area (Å²) in [6.07, 6.45) is 1.93. The van der Waals surface area contributed by atoms with Crippen molar-refractivity contribution in [1.82, 2.24) is 5.32 Å². The first-order valence-electron chi connectivity index (χ1n) is 9.36. The normalized spacial score (nSPS) is 11.0. The van der Waals surface area contributed by atoms with Crippen LogP contribution < -0.4 is 15.4 Å². The van der Waals surface area contributed by atoms with Crippen molar-refractivity contribution in [3.8, 4) is 5.75 Å². The van der Waals surface area contributed by atoms with Crippen molar-refractivity contribution < 1.29 is 14.3 Å². The number of hydrogen-bond acceptors (Lipinski definition) is 3. The summed E-state index contributed by atoms with van der Waals surface area (Å²) in [5.41, 5.74) is 1.14. The molecule has 0 aliphatic carbocycles. The molecule has 0 spiro atoms. The van der Waals surface area contributed by atoms with E-state index in [0.29, 0.717) is 29.2 Å². The Hall–Kier alpha value is -2.34. The number of unbranched alkanes of at least 4 members (excludes halogenated alkanes) is 1. The lowest BCUT2D eigenvalue weighted by molar-refractivity contribution is 0.0918. The highest BCUT2D eigenvalue weighted by Crippen LogP contribution is 2.25. The number of anilines is 1. The van der Waals surface area contributed by atoms with Gasteiger partial charge in [-0.1, -0.05) is 35.3 Å². The second-order valence-electron chi connectivity index (χ2n) is 7.58. The van der Waals surface area contributed by atoms with E-state index in [9.17, 15) is 9.59 Å². The number of nitrogens with one attached hydrogen (secondary N) is 2. The van der Waals surface area contributed by atoms with E-state index in [1.54, 1.807) is 36.4 Å². The van der Waals surface area contributed by atoms with Gasteiger partial charge in [0.1, 0.15) is 5.75 Å². The third kappa shape index (κ3) is 6.68. The lowest BCUT2D eigenvalue weighted by Gasteiger charge is -2.20. The Balaban J connectivity index is 2.18. The van der Waals surface area contributed by atoms with Crippen molar-refractivity contribution >= 4 is 33.4 Å². The number of carbonyl (C=O) groups excluding carboxylic acids is 2. The summed E-state index contributed by atoms with van der Waals surface area (Å²) in [7, 11) is 0. The van der Waals surface area contributed by atoms with Gasteiger partial charge in [-0.05, 0) is 63.6 Å². The van der Waals surface area contributed by atoms with Gasteiger partial charge in [-0.25, -0.2) is 0 Å². The summed E-state index contributed by atoms with van der Waals surface area (Å²) in [6.45, 7) is 8.40. The minimum atomic E-state index is -0.336. The minimum Gasteiger partial charge on any atom is -0.493 e. The van der Waals surface area contributed by atoms with Gasteiger partial charge in [0.2, 0.25) is 0 Å². The molecule has 6 heteroatoms. The first kappa shape index (κ1) is 22.0. The largest absolute Gasteiger partial charge is 0.493 e. The van der Waals surface area contributed by atoms with Gasteiger partial charge in [0, 0.05) is 21.3 Å². The molecule has 2 amide bonds. The number of halogens is 1. The fourth-order valence-electron chi connectivity index (χ4n) is 2.48. The van der Waals surface area contributed by atoms with Gasteiger partial charge in [0.15, 0.2) is 0 Å². The molecule has 2 N–H and O–H groups in total. The van der Waals surface area contributed by atoms with Crippen molar-refractivity contribution in [3.63, 3.8) is 0 Å². The minimum absolute atomic E-state index is 0.186. The molecule has 0 saturated heterocycles. The molecule has 28 heavy (non-hydrogen) atoms. The molecule has 0 heterocycles. The number of amides is 2. The van der Waals surface area contributed by atoms with Crippen molar-refractivity contribution in [1.29, 1.82) is 0 Å². The maximum absolute atomic E-state index is 12.8. The van der Waals surface area contributed by atoms with Crippen LogP contribution in [0.1, 0.15) is 61.3 Å². The van der Waals surface area contributed by atoms with Crippen LogP contribution in [-0.4, -0.2) is 24.0 Å². The fourth-order valence-corrected chi connectivity index (χ4v) is 2.84. The first-order chi connectivity index (χ1) is 13.2. The van der Waals surface area contributed by atoms with Crippen LogP contribution in [-0.2, 0) is 0 Å². The van der Waals surface area contributed by atoms with E-state index in [1.165, 1.54) is 0 Å². The number of carbonyl (C=O) groups is 2. The average molecular weight is 447 g/mol. The molecule has 0 atom stereocenters. The maximum Gasteiger partial charge on any atom is 0.259 e. The van der Waals surface area contributed by atoms with E-state index in [1.807, 2.05) is 26.8 Å². The molecule has 0 radical (unpaired) electrons. The van der Waals surface area contributed by atoms with Crippen molar-refractivity contribution in [3.05, 3.63) is 58.1 Å². The SMILES string of the molecule is CCCCOc1ccc(Br)cc1C(=O)Nc1cccc(C(=O)NC(C)(C)C)c1. The highest BCUT2D eigenvalue weighted by molar-refractivity contribution is 9.10. The Labute approximate surface area is 175 Å². The number of benzene rings is 2. The molecule has 2 rings (SSSR count). The molecule has 2 aromatic rings. The molecule has 5 nitrogen and oxygen atoms in total. The fraction of sp³-hybridized carbons (Fsp3) is 0.364. The van der Waals surface area contributed by atoms with Crippen LogP contribution in [0.15, 0.2) is 46.9 Å². The Morgan fingerprint density at radius 3 is 2.50 bits per heavy atom. The van der Waals surface area contributed by atoms with Crippen molar-refractivity contribution in [2.24, 2.45) is 0 Å². The number of hydrogen-bond donors (Lipinski definition) is 2. The Morgan fingerprint density at radius 2 is 1.82 bits per heavy atom. The first-order valence-corrected chi connectivity index (χ1v) is 10.1. The average Bonchev–Trinajstić information content (AvgIpc) is 2.62. The standard InChI is InChI=1S/C22H27BrN2O3/c1-5-6-12-28-19-11-10-16(23)14-18(19)21(27)24-17-9-7-8-15(13-17)20(26)25-22(2,3)4/h7-11,13-14H,5-6,12H2,1-4H3,(H,24,27)(H,25,26). The molecule has 0 aromatic heterocycles. The molecular formula is C22H27BrN2O3. The second-order valence-corrected chi connectivity index (χ2v) is 8.50. The molecule has 0 aliphatic rings. The summed E-state index contributed by atoms with van der Waals surface area (Å²) < 4.78 is 6.55. The smallest absolute Gasteiger partial charge is 0.259 e. The van der Waals surface area contributed by atoms with Gasteiger partial charge < -0.3 is 15.4 Å². The van der Waals surface area contributed by atoms with Gasteiger partial charge in [0.25, 0.3) is 11.8 Å². The summed E-state index contributed by atoms with van der Waals surface area (Å²) in [4.78, 5) is 25.2. The molecule has 0 unspecified atom stereocenters. The highest BCUT2D eigenvalue weighted by atomic mass is 79.9. The zero-order valence-corrected chi connectivity index (χ0v) is 18.4. The molecule has 0 saturated carbocycles. The zero-order valence-electron chi connectivity index (χ0n) is 16.8. The van der Waals surface area contributed by atoms with E-state index < -0.39 is 0 Å². The summed E-state index contributed by atoms with van der Waals surface area (Å²) >= 11 is 3.40. The highest BCUT2D eigenvalue weighted by Gasteiger charge is 2.17. The number of ether oxygens (including phenoxy) is 1. The third-order valence-electron chi connectivity index (χ3n) is 3.81. The topological polar surface area (TPSA) is 67.4 Å². The quantitative estimate of drug-likeness (QED) is 0.558. The van der Waals surface area contributed by atoms with Crippen LogP contribution >= 0.6 is 15.9 Å². The Kier molecular flexibility index (Phi) is 7.63. The molecule has 0 aliphatic heterocycles. The third-order valence-corrected chi connectivity index (χ3v) is 4.31. The summed E-state index contributed by atoms with van der Waals surface area (Å²) in [5, 5.41) is 5.77. The predicted octanol–water partition coefficient (Wildman–Crippen LogP) is 5.41. The van der Waals surface area contributed by atoms with Gasteiger partial charge in [-0.15, -0.1) is 0 Å². The van der Waals surface area contributed by atoms with E-state index >= 15 is 0 Å². The monoisotopic (exact) mass is 446 g/mol. The van der Waals surface area contributed by atoms with Crippen LogP contribution in [0, 0.1) is 0 Å². The van der Waals surface area contributed by atoms with Crippen molar-refractivity contribution in [2.45, 2.75) is 46.1 Å².